The molecule has 1 aromatic carbocycles. The Morgan fingerprint density at radius 3 is 2.26 bits per heavy atom. The molecule has 0 saturated carbocycles. The summed E-state index contributed by atoms with van der Waals surface area (Å²) >= 11 is 3.34. The van der Waals surface area contributed by atoms with Crippen molar-refractivity contribution in [2.75, 3.05) is 13.2 Å². The highest BCUT2D eigenvalue weighted by Crippen LogP contribution is 2.16. The molecule has 1 atom stereocenters. The van der Waals surface area contributed by atoms with Gasteiger partial charge in [0.15, 0.2) is 6.61 Å². The fourth-order valence-corrected chi connectivity index (χ4v) is 1.89. The third kappa shape index (κ3) is 7.60. The molecule has 124 valence electrons. The third-order valence-corrected chi connectivity index (χ3v) is 3.26. The van der Waals surface area contributed by atoms with Crippen LogP contribution in [-0.2, 0) is 23.9 Å². The molecule has 0 radical (unpaired) electrons. The zero-order valence-electron chi connectivity index (χ0n) is 12.9. The number of carbonyl (C=O) groups is 3. The van der Waals surface area contributed by atoms with E-state index >= 15 is 0 Å². The van der Waals surface area contributed by atoms with Crippen molar-refractivity contribution in [2.45, 2.75) is 19.9 Å². The summed E-state index contributed by atoms with van der Waals surface area (Å²) in [6.07, 6.45) is 1.87. The van der Waals surface area contributed by atoms with Crippen molar-refractivity contribution in [1.82, 2.24) is 5.32 Å². The van der Waals surface area contributed by atoms with Gasteiger partial charge in [0, 0.05) is 16.6 Å². The van der Waals surface area contributed by atoms with E-state index in [0.29, 0.717) is 0 Å². The molecule has 6 nitrogen and oxygen atoms in total. The molecule has 0 saturated heterocycles. The summed E-state index contributed by atoms with van der Waals surface area (Å²) in [5, 5.41) is 2.71. The number of nitrogens with one attached hydrogen (secondary N) is 1. The Morgan fingerprint density at radius 1 is 1.13 bits per heavy atom. The van der Waals surface area contributed by atoms with Gasteiger partial charge < -0.3 is 14.8 Å². The van der Waals surface area contributed by atoms with E-state index in [9.17, 15) is 14.4 Å². The highest BCUT2D eigenvalue weighted by atomic mass is 79.9. The van der Waals surface area contributed by atoms with Gasteiger partial charge in [0.25, 0.3) is 5.91 Å². The minimum absolute atomic E-state index is 0.217. The second-order valence-corrected chi connectivity index (χ2v) is 5.45. The number of hydrogen-bond donors (Lipinski definition) is 1. The SMILES string of the molecule is CCOC(=O)/C=C/C(=O)OCC(=O)N[C@@H](C)c1ccc(Br)cc1. The first-order valence-corrected chi connectivity index (χ1v) is 7.78. The lowest BCUT2D eigenvalue weighted by molar-refractivity contribution is -0.144. The van der Waals surface area contributed by atoms with Crippen molar-refractivity contribution in [3.8, 4) is 0 Å². The van der Waals surface area contributed by atoms with Gasteiger partial charge >= 0.3 is 11.9 Å². The molecule has 0 aliphatic rings. The molecule has 1 N–H and O–H groups in total. The molecule has 0 unspecified atom stereocenters. The summed E-state index contributed by atoms with van der Waals surface area (Å²) < 4.78 is 10.3. The van der Waals surface area contributed by atoms with Crippen LogP contribution in [0.1, 0.15) is 25.5 Å². The van der Waals surface area contributed by atoms with E-state index in [-0.39, 0.29) is 12.6 Å². The van der Waals surface area contributed by atoms with Crippen LogP contribution in [0.2, 0.25) is 0 Å². The Bertz CT molecular complexity index is 583. The van der Waals surface area contributed by atoms with E-state index < -0.39 is 24.5 Å². The van der Waals surface area contributed by atoms with Crippen molar-refractivity contribution in [3.63, 3.8) is 0 Å². The summed E-state index contributed by atoms with van der Waals surface area (Å²) in [4.78, 5) is 34.1. The molecule has 1 aromatic rings. The van der Waals surface area contributed by atoms with Crippen molar-refractivity contribution in [3.05, 3.63) is 46.5 Å². The predicted molar refractivity (Wildman–Crippen MR) is 87.4 cm³/mol. The molecule has 0 spiro atoms. The van der Waals surface area contributed by atoms with Crippen LogP contribution in [0.3, 0.4) is 0 Å². The number of esters is 2. The Labute approximate surface area is 143 Å². The summed E-state index contributed by atoms with van der Waals surface area (Å²) in [7, 11) is 0. The van der Waals surface area contributed by atoms with Crippen LogP contribution in [0.4, 0.5) is 0 Å². The molecule has 1 amide bonds. The molecule has 0 aromatic heterocycles. The lowest BCUT2D eigenvalue weighted by Gasteiger charge is -2.14. The molecular formula is C16H18BrNO5. The zero-order chi connectivity index (χ0) is 17.2. The number of rotatable bonds is 7. The fourth-order valence-electron chi connectivity index (χ4n) is 1.63. The van der Waals surface area contributed by atoms with Crippen LogP contribution in [-0.4, -0.2) is 31.1 Å². The molecule has 0 heterocycles. The fraction of sp³-hybridized carbons (Fsp3) is 0.312. The van der Waals surface area contributed by atoms with E-state index in [0.717, 1.165) is 22.2 Å². The van der Waals surface area contributed by atoms with Crippen LogP contribution in [0.15, 0.2) is 40.9 Å². The number of hydrogen-bond acceptors (Lipinski definition) is 5. The first-order valence-electron chi connectivity index (χ1n) is 6.98. The normalized spacial score (nSPS) is 11.8. The smallest absolute Gasteiger partial charge is 0.331 e. The minimum Gasteiger partial charge on any atom is -0.463 e. The maximum Gasteiger partial charge on any atom is 0.331 e. The van der Waals surface area contributed by atoms with E-state index in [2.05, 4.69) is 26.0 Å². The van der Waals surface area contributed by atoms with Crippen molar-refractivity contribution >= 4 is 33.8 Å². The van der Waals surface area contributed by atoms with Crippen molar-refractivity contribution in [1.29, 1.82) is 0 Å². The maximum atomic E-state index is 11.7. The lowest BCUT2D eigenvalue weighted by atomic mass is 10.1. The van der Waals surface area contributed by atoms with Gasteiger partial charge in [-0.05, 0) is 31.5 Å². The Hall–Kier alpha value is -2.15. The molecule has 7 heteroatoms. The molecule has 1 rings (SSSR count). The molecule has 23 heavy (non-hydrogen) atoms. The van der Waals surface area contributed by atoms with Crippen LogP contribution in [0.5, 0.6) is 0 Å². The Balaban J connectivity index is 2.37. The summed E-state index contributed by atoms with van der Waals surface area (Å²) in [5.41, 5.74) is 0.926. The highest BCUT2D eigenvalue weighted by Gasteiger charge is 2.11. The Morgan fingerprint density at radius 2 is 1.70 bits per heavy atom. The first kappa shape index (κ1) is 18.9. The predicted octanol–water partition coefficient (Wildman–Crippen LogP) is 2.29. The second kappa shape index (κ2) is 9.78. The summed E-state index contributed by atoms with van der Waals surface area (Å²) in [5.74, 6) is -1.86. The highest BCUT2D eigenvalue weighted by molar-refractivity contribution is 9.10. The van der Waals surface area contributed by atoms with Gasteiger partial charge in [-0.25, -0.2) is 9.59 Å². The Kier molecular flexibility index (Phi) is 8.04. The van der Waals surface area contributed by atoms with Crippen LogP contribution >= 0.6 is 15.9 Å². The van der Waals surface area contributed by atoms with Crippen LogP contribution in [0.25, 0.3) is 0 Å². The number of carbonyl (C=O) groups excluding carboxylic acids is 3. The second-order valence-electron chi connectivity index (χ2n) is 4.53. The van der Waals surface area contributed by atoms with Crippen LogP contribution in [0, 0.1) is 0 Å². The number of halogens is 1. The van der Waals surface area contributed by atoms with Gasteiger partial charge in [-0.15, -0.1) is 0 Å². The molecule has 0 aliphatic heterocycles. The van der Waals surface area contributed by atoms with Crippen LogP contribution < -0.4 is 5.32 Å². The summed E-state index contributed by atoms with van der Waals surface area (Å²) in [6, 6.07) is 7.28. The molecule has 0 fully saturated rings. The molecule has 0 aliphatic carbocycles. The average Bonchev–Trinajstić information content (AvgIpc) is 2.51. The van der Waals surface area contributed by atoms with Gasteiger partial charge in [0.2, 0.25) is 0 Å². The van der Waals surface area contributed by atoms with Gasteiger partial charge in [0.05, 0.1) is 12.6 Å². The zero-order valence-corrected chi connectivity index (χ0v) is 14.5. The van der Waals surface area contributed by atoms with Gasteiger partial charge in [-0.3, -0.25) is 4.79 Å². The van der Waals surface area contributed by atoms with Gasteiger partial charge in [0.1, 0.15) is 0 Å². The summed E-state index contributed by atoms with van der Waals surface area (Å²) in [6.45, 7) is 3.27. The lowest BCUT2D eigenvalue weighted by Crippen LogP contribution is -2.30. The van der Waals surface area contributed by atoms with E-state index in [1.54, 1.807) is 6.92 Å². The third-order valence-electron chi connectivity index (χ3n) is 2.74. The number of amides is 1. The van der Waals surface area contributed by atoms with Crippen molar-refractivity contribution < 1.29 is 23.9 Å². The number of ether oxygens (including phenoxy) is 2. The standard InChI is InChI=1S/C16H18BrNO5/c1-3-22-15(20)8-9-16(21)23-10-14(19)18-11(2)12-4-6-13(17)7-5-12/h4-9,11H,3,10H2,1-2H3,(H,18,19)/b9-8+/t11-/m0/s1. The monoisotopic (exact) mass is 383 g/mol. The van der Waals surface area contributed by atoms with E-state index in [1.165, 1.54) is 0 Å². The molecular weight excluding hydrogens is 366 g/mol. The van der Waals surface area contributed by atoms with E-state index in [4.69, 9.17) is 4.74 Å². The average molecular weight is 384 g/mol. The topological polar surface area (TPSA) is 81.7 Å². The van der Waals surface area contributed by atoms with Gasteiger partial charge in [-0.2, -0.15) is 0 Å². The maximum absolute atomic E-state index is 11.7. The minimum atomic E-state index is -0.788. The molecule has 0 bridgehead atoms. The quantitative estimate of drug-likeness (QED) is 0.576. The van der Waals surface area contributed by atoms with Crippen molar-refractivity contribution in [2.24, 2.45) is 0 Å². The first-order chi connectivity index (χ1) is 10.9. The van der Waals surface area contributed by atoms with Gasteiger partial charge in [-0.1, -0.05) is 28.1 Å². The van der Waals surface area contributed by atoms with E-state index in [1.807, 2.05) is 31.2 Å². The largest absolute Gasteiger partial charge is 0.463 e. The number of benzene rings is 1.